The summed E-state index contributed by atoms with van der Waals surface area (Å²) >= 11 is 0. The lowest BCUT2D eigenvalue weighted by atomic mass is 10.1. The van der Waals surface area contributed by atoms with E-state index in [1.165, 1.54) is 7.11 Å². The highest BCUT2D eigenvalue weighted by molar-refractivity contribution is 5.78. The van der Waals surface area contributed by atoms with Gasteiger partial charge in [0.2, 0.25) is 5.91 Å². The van der Waals surface area contributed by atoms with Crippen LogP contribution in [0.5, 0.6) is 0 Å². The van der Waals surface area contributed by atoms with Crippen molar-refractivity contribution in [3.05, 3.63) is 0 Å². The maximum atomic E-state index is 11.3. The molecule has 0 aliphatic carbocycles. The highest BCUT2D eigenvalue weighted by Gasteiger charge is 2.28. The summed E-state index contributed by atoms with van der Waals surface area (Å²) in [6, 6.07) is 0. The van der Waals surface area contributed by atoms with Crippen LogP contribution in [-0.4, -0.2) is 48.2 Å². The maximum Gasteiger partial charge on any atom is 0.311 e. The number of aliphatic hydroxyl groups is 1. The number of nitrogens with zero attached hydrogens (tertiary/aromatic N) is 1. The number of carbonyl (C=O) groups is 2. The van der Waals surface area contributed by atoms with Crippen LogP contribution in [0.3, 0.4) is 0 Å². The van der Waals surface area contributed by atoms with Gasteiger partial charge in [0, 0.05) is 19.5 Å². The summed E-state index contributed by atoms with van der Waals surface area (Å²) in [7, 11) is 1.28. The largest absolute Gasteiger partial charge is 0.469 e. The van der Waals surface area contributed by atoms with Crippen molar-refractivity contribution in [2.24, 2.45) is 5.92 Å². The summed E-state index contributed by atoms with van der Waals surface area (Å²) in [5.41, 5.74) is 0. The average Bonchev–Trinajstić information content (AvgIpc) is 2.62. The van der Waals surface area contributed by atoms with Crippen LogP contribution in [0.15, 0.2) is 0 Å². The number of carbonyl (C=O) groups excluding carboxylic acids is 2. The van der Waals surface area contributed by atoms with Gasteiger partial charge in [-0.15, -0.1) is 0 Å². The minimum Gasteiger partial charge on any atom is -0.469 e. The molecule has 1 fully saturated rings. The van der Waals surface area contributed by atoms with E-state index in [1.54, 1.807) is 11.8 Å². The number of rotatable bonds is 4. The molecule has 0 saturated carbocycles. The second kappa shape index (κ2) is 5.11. The second-order valence-corrected chi connectivity index (χ2v) is 3.82. The van der Waals surface area contributed by atoms with Crippen LogP contribution in [0.2, 0.25) is 0 Å². The zero-order valence-corrected chi connectivity index (χ0v) is 9.10. The Morgan fingerprint density at radius 3 is 2.80 bits per heavy atom. The summed E-state index contributed by atoms with van der Waals surface area (Å²) in [6.45, 7) is 2.48. The first-order chi connectivity index (χ1) is 7.06. The van der Waals surface area contributed by atoms with E-state index in [0.717, 1.165) is 6.42 Å². The number of likely N-dealkylation sites (tertiary alicyclic amines) is 1. The van der Waals surface area contributed by atoms with Crippen LogP contribution >= 0.6 is 0 Å². The number of methoxy groups -OCH3 is 1. The zero-order valence-electron chi connectivity index (χ0n) is 9.10. The summed E-state index contributed by atoms with van der Waals surface area (Å²) < 4.78 is 4.52. The summed E-state index contributed by atoms with van der Waals surface area (Å²) in [6.07, 6.45) is 0.525. The molecule has 0 bridgehead atoms. The van der Waals surface area contributed by atoms with Crippen molar-refractivity contribution in [1.29, 1.82) is 0 Å². The van der Waals surface area contributed by atoms with Crippen LogP contribution in [0.25, 0.3) is 0 Å². The molecule has 1 amide bonds. The molecule has 15 heavy (non-hydrogen) atoms. The predicted molar refractivity (Wildman–Crippen MR) is 53.0 cm³/mol. The van der Waals surface area contributed by atoms with Gasteiger partial charge in [-0.05, 0) is 13.3 Å². The molecular formula is C10H17NO4. The van der Waals surface area contributed by atoms with Gasteiger partial charge in [-0.3, -0.25) is 9.59 Å². The Kier molecular flexibility index (Phi) is 4.08. The number of ether oxygens (including phenoxy) is 1. The molecule has 0 radical (unpaired) electrons. The van der Waals surface area contributed by atoms with Gasteiger partial charge in [0.25, 0.3) is 0 Å². The third-order valence-corrected chi connectivity index (χ3v) is 2.73. The molecule has 1 heterocycles. The van der Waals surface area contributed by atoms with E-state index >= 15 is 0 Å². The van der Waals surface area contributed by atoms with Crippen LogP contribution in [-0.2, 0) is 14.3 Å². The van der Waals surface area contributed by atoms with E-state index in [4.69, 9.17) is 0 Å². The monoisotopic (exact) mass is 215 g/mol. The first-order valence-electron chi connectivity index (χ1n) is 5.10. The lowest BCUT2D eigenvalue weighted by Gasteiger charge is -2.22. The summed E-state index contributed by atoms with van der Waals surface area (Å²) in [4.78, 5) is 24.0. The molecule has 1 aliphatic rings. The molecule has 0 aromatic rings. The molecule has 1 unspecified atom stereocenters. The van der Waals surface area contributed by atoms with E-state index in [0.29, 0.717) is 13.0 Å². The SMILES string of the molecule is COC(=O)[C@H](C)C(O)CN1CCCC1=O. The Labute approximate surface area is 89.0 Å². The van der Waals surface area contributed by atoms with Crippen molar-refractivity contribution in [2.75, 3.05) is 20.2 Å². The molecule has 0 spiro atoms. The fourth-order valence-corrected chi connectivity index (χ4v) is 1.62. The van der Waals surface area contributed by atoms with Gasteiger partial charge in [-0.2, -0.15) is 0 Å². The highest BCUT2D eigenvalue weighted by atomic mass is 16.5. The molecule has 1 N–H and O–H groups in total. The Hall–Kier alpha value is -1.10. The number of amides is 1. The van der Waals surface area contributed by atoms with Gasteiger partial charge in [0.1, 0.15) is 0 Å². The number of β-amino-alcohol motifs (C(OH)–C–C–N with tert-alkyl or cyclic N) is 1. The van der Waals surface area contributed by atoms with Gasteiger partial charge >= 0.3 is 5.97 Å². The summed E-state index contributed by atoms with van der Waals surface area (Å²) in [5.74, 6) is -0.997. The van der Waals surface area contributed by atoms with E-state index in [1.807, 2.05) is 0 Å². The Morgan fingerprint density at radius 2 is 2.33 bits per heavy atom. The first kappa shape index (κ1) is 12.0. The standard InChI is InChI=1S/C10H17NO4/c1-7(10(14)15-2)8(12)6-11-5-3-4-9(11)13/h7-8,12H,3-6H2,1-2H3/t7-,8?/m1/s1. The van der Waals surface area contributed by atoms with Gasteiger partial charge < -0.3 is 14.7 Å². The van der Waals surface area contributed by atoms with Crippen molar-refractivity contribution >= 4 is 11.9 Å². The maximum absolute atomic E-state index is 11.3. The summed E-state index contributed by atoms with van der Waals surface area (Å²) in [5, 5.41) is 9.70. The zero-order chi connectivity index (χ0) is 11.4. The third-order valence-electron chi connectivity index (χ3n) is 2.73. The van der Waals surface area contributed by atoms with Gasteiger partial charge in [0.15, 0.2) is 0 Å². The average molecular weight is 215 g/mol. The van der Waals surface area contributed by atoms with Crippen molar-refractivity contribution in [3.63, 3.8) is 0 Å². The van der Waals surface area contributed by atoms with Crippen LogP contribution in [0, 0.1) is 5.92 Å². The van der Waals surface area contributed by atoms with Crippen LogP contribution < -0.4 is 0 Å². The lowest BCUT2D eigenvalue weighted by Crippen LogP contribution is -2.39. The number of hydrogen-bond donors (Lipinski definition) is 1. The Bertz CT molecular complexity index is 254. The van der Waals surface area contributed by atoms with Gasteiger partial charge in [-0.1, -0.05) is 0 Å². The number of esters is 1. The van der Waals surface area contributed by atoms with Gasteiger partial charge in [0.05, 0.1) is 19.1 Å². The smallest absolute Gasteiger partial charge is 0.311 e. The van der Waals surface area contributed by atoms with E-state index in [2.05, 4.69) is 4.74 Å². The fraction of sp³-hybridized carbons (Fsp3) is 0.800. The van der Waals surface area contributed by atoms with Crippen LogP contribution in [0.1, 0.15) is 19.8 Å². The molecule has 0 aromatic heterocycles. The predicted octanol–water partition coefficient (Wildman–Crippen LogP) is -0.221. The topological polar surface area (TPSA) is 66.8 Å². The molecule has 0 aromatic carbocycles. The van der Waals surface area contributed by atoms with Crippen molar-refractivity contribution < 1.29 is 19.4 Å². The van der Waals surface area contributed by atoms with Crippen molar-refractivity contribution in [1.82, 2.24) is 4.90 Å². The van der Waals surface area contributed by atoms with Crippen molar-refractivity contribution in [3.8, 4) is 0 Å². The second-order valence-electron chi connectivity index (χ2n) is 3.82. The normalized spacial score (nSPS) is 20.2. The lowest BCUT2D eigenvalue weighted by molar-refractivity contribution is -0.149. The minimum absolute atomic E-state index is 0.0473. The van der Waals surface area contributed by atoms with E-state index in [-0.39, 0.29) is 12.5 Å². The van der Waals surface area contributed by atoms with Crippen LogP contribution in [0.4, 0.5) is 0 Å². The molecule has 2 atom stereocenters. The van der Waals surface area contributed by atoms with E-state index < -0.39 is 18.0 Å². The van der Waals surface area contributed by atoms with Crippen molar-refractivity contribution in [2.45, 2.75) is 25.9 Å². The third kappa shape index (κ3) is 2.92. The molecule has 1 rings (SSSR count). The molecule has 5 heteroatoms. The molecule has 5 nitrogen and oxygen atoms in total. The molecule has 86 valence electrons. The molecular weight excluding hydrogens is 198 g/mol. The highest BCUT2D eigenvalue weighted by Crippen LogP contribution is 2.13. The minimum atomic E-state index is -0.848. The Morgan fingerprint density at radius 1 is 1.67 bits per heavy atom. The first-order valence-corrected chi connectivity index (χ1v) is 5.10. The molecule has 1 saturated heterocycles. The molecule has 1 aliphatic heterocycles. The number of aliphatic hydroxyl groups excluding tert-OH is 1. The quantitative estimate of drug-likeness (QED) is 0.658. The number of hydrogen-bond acceptors (Lipinski definition) is 4. The van der Waals surface area contributed by atoms with E-state index in [9.17, 15) is 14.7 Å². The van der Waals surface area contributed by atoms with Gasteiger partial charge in [-0.25, -0.2) is 0 Å². The Balaban J connectivity index is 2.43. The fourth-order valence-electron chi connectivity index (χ4n) is 1.62.